The number of thioether (sulfide) groups is 1. The molecular formula is C15H20O2S. The van der Waals surface area contributed by atoms with Crippen molar-refractivity contribution in [3.63, 3.8) is 0 Å². The maximum Gasteiger partial charge on any atom is 0.0540 e. The van der Waals surface area contributed by atoms with Gasteiger partial charge >= 0.3 is 0 Å². The van der Waals surface area contributed by atoms with Crippen molar-refractivity contribution in [2.24, 2.45) is 5.92 Å². The van der Waals surface area contributed by atoms with Gasteiger partial charge in [-0.25, -0.2) is 0 Å². The molecule has 0 aliphatic heterocycles. The van der Waals surface area contributed by atoms with E-state index in [9.17, 15) is 0 Å². The first-order chi connectivity index (χ1) is 8.76. The molecule has 0 bridgehead atoms. The molecule has 0 heterocycles. The molecule has 0 aliphatic carbocycles. The second-order valence-corrected chi connectivity index (χ2v) is 5.31. The molecule has 3 heteroatoms. The average Bonchev–Trinajstić information content (AvgIpc) is 2.39. The highest BCUT2D eigenvalue weighted by Gasteiger charge is 2.00. The Morgan fingerprint density at radius 2 is 2.17 bits per heavy atom. The molecule has 98 valence electrons. The van der Waals surface area contributed by atoms with Crippen LogP contribution >= 0.6 is 11.8 Å². The van der Waals surface area contributed by atoms with Crippen molar-refractivity contribution in [3.8, 4) is 11.8 Å². The van der Waals surface area contributed by atoms with Gasteiger partial charge in [0, 0.05) is 24.3 Å². The van der Waals surface area contributed by atoms with Gasteiger partial charge in [-0.1, -0.05) is 30.9 Å². The van der Waals surface area contributed by atoms with Gasteiger partial charge < -0.3 is 10.2 Å². The topological polar surface area (TPSA) is 40.5 Å². The van der Waals surface area contributed by atoms with E-state index < -0.39 is 0 Å². The van der Waals surface area contributed by atoms with Gasteiger partial charge in [0.25, 0.3) is 0 Å². The Kier molecular flexibility index (Phi) is 7.59. The van der Waals surface area contributed by atoms with Crippen LogP contribution in [0.1, 0.15) is 24.5 Å². The number of aliphatic hydroxyl groups excluding tert-OH is 2. The van der Waals surface area contributed by atoms with Crippen LogP contribution in [0.2, 0.25) is 0 Å². The predicted molar refractivity (Wildman–Crippen MR) is 77.4 cm³/mol. The molecule has 0 saturated heterocycles. The SMILES string of the molecule is CC(CO)CSCc1cccc(C#CCCO)c1. The zero-order chi connectivity index (χ0) is 13.2. The summed E-state index contributed by atoms with van der Waals surface area (Å²) >= 11 is 1.83. The number of hydrogen-bond acceptors (Lipinski definition) is 3. The van der Waals surface area contributed by atoms with E-state index in [1.807, 2.05) is 30.8 Å². The van der Waals surface area contributed by atoms with Gasteiger partial charge in [-0.2, -0.15) is 11.8 Å². The number of aliphatic hydroxyl groups is 2. The Labute approximate surface area is 113 Å². The summed E-state index contributed by atoms with van der Waals surface area (Å²) in [5, 5.41) is 17.6. The van der Waals surface area contributed by atoms with Gasteiger partial charge in [0.15, 0.2) is 0 Å². The van der Waals surface area contributed by atoms with Crippen LogP contribution in [0.4, 0.5) is 0 Å². The van der Waals surface area contributed by atoms with Crippen LogP contribution in [0.3, 0.4) is 0 Å². The van der Waals surface area contributed by atoms with Crippen molar-refractivity contribution in [1.29, 1.82) is 0 Å². The summed E-state index contributed by atoms with van der Waals surface area (Å²) in [4.78, 5) is 0. The van der Waals surface area contributed by atoms with Crippen LogP contribution in [-0.4, -0.2) is 29.2 Å². The molecule has 0 aromatic heterocycles. The van der Waals surface area contributed by atoms with Crippen molar-refractivity contribution in [1.82, 2.24) is 0 Å². The van der Waals surface area contributed by atoms with Gasteiger partial charge in [0.2, 0.25) is 0 Å². The van der Waals surface area contributed by atoms with Crippen molar-refractivity contribution in [3.05, 3.63) is 35.4 Å². The van der Waals surface area contributed by atoms with E-state index in [1.165, 1.54) is 5.56 Å². The summed E-state index contributed by atoms with van der Waals surface area (Å²) < 4.78 is 0. The van der Waals surface area contributed by atoms with Gasteiger partial charge in [-0.15, -0.1) is 0 Å². The lowest BCUT2D eigenvalue weighted by Crippen LogP contribution is -2.03. The lowest BCUT2D eigenvalue weighted by Gasteiger charge is -2.07. The quantitative estimate of drug-likeness (QED) is 0.775. The summed E-state index contributed by atoms with van der Waals surface area (Å²) in [5.41, 5.74) is 2.25. The van der Waals surface area contributed by atoms with Gasteiger partial charge in [-0.05, 0) is 29.4 Å². The Morgan fingerprint density at radius 3 is 2.89 bits per heavy atom. The number of hydrogen-bond donors (Lipinski definition) is 2. The Bertz CT molecular complexity index is 406. The van der Waals surface area contributed by atoms with E-state index in [4.69, 9.17) is 10.2 Å². The highest BCUT2D eigenvalue weighted by molar-refractivity contribution is 7.98. The molecule has 1 aromatic carbocycles. The summed E-state index contributed by atoms with van der Waals surface area (Å²) in [6.45, 7) is 2.41. The minimum Gasteiger partial charge on any atom is -0.396 e. The third-order valence-electron chi connectivity index (χ3n) is 2.38. The first-order valence-electron chi connectivity index (χ1n) is 6.13. The monoisotopic (exact) mass is 264 g/mol. The molecule has 1 atom stereocenters. The largest absolute Gasteiger partial charge is 0.396 e. The van der Waals surface area contributed by atoms with E-state index in [2.05, 4.69) is 24.0 Å². The maximum atomic E-state index is 8.94. The predicted octanol–water partition coefficient (Wildman–Crippen LogP) is 2.28. The molecular weight excluding hydrogens is 244 g/mol. The molecule has 0 aliphatic rings. The van der Waals surface area contributed by atoms with Crippen LogP contribution in [0.15, 0.2) is 24.3 Å². The molecule has 2 nitrogen and oxygen atoms in total. The normalized spacial score (nSPS) is 11.7. The summed E-state index contributed by atoms with van der Waals surface area (Å²) in [6.07, 6.45) is 0.521. The molecule has 0 fully saturated rings. The van der Waals surface area contributed by atoms with Crippen molar-refractivity contribution < 1.29 is 10.2 Å². The van der Waals surface area contributed by atoms with Crippen molar-refractivity contribution in [2.75, 3.05) is 19.0 Å². The van der Waals surface area contributed by atoms with Crippen LogP contribution in [0.25, 0.3) is 0 Å². The lowest BCUT2D eigenvalue weighted by atomic mass is 10.1. The molecule has 18 heavy (non-hydrogen) atoms. The fourth-order valence-electron chi connectivity index (χ4n) is 1.39. The zero-order valence-corrected chi connectivity index (χ0v) is 11.5. The third-order valence-corrected chi connectivity index (χ3v) is 3.72. The maximum absolute atomic E-state index is 8.94. The molecule has 0 saturated carbocycles. The van der Waals surface area contributed by atoms with E-state index in [-0.39, 0.29) is 13.2 Å². The van der Waals surface area contributed by atoms with Crippen LogP contribution in [-0.2, 0) is 5.75 Å². The van der Waals surface area contributed by atoms with E-state index in [1.54, 1.807) is 0 Å². The first kappa shape index (κ1) is 15.1. The zero-order valence-electron chi connectivity index (χ0n) is 10.7. The standard InChI is InChI=1S/C15H20O2S/c1-13(10-17)11-18-12-15-7-4-6-14(9-15)5-2-3-8-16/h4,6-7,9,13,16-17H,3,8,10-12H2,1H3. The molecule has 0 amide bonds. The van der Waals surface area contributed by atoms with E-state index >= 15 is 0 Å². The molecule has 1 unspecified atom stereocenters. The summed E-state index contributed by atoms with van der Waals surface area (Å²) in [7, 11) is 0. The number of benzene rings is 1. The number of rotatable bonds is 6. The van der Waals surface area contributed by atoms with Crippen LogP contribution in [0.5, 0.6) is 0 Å². The fourth-order valence-corrected chi connectivity index (χ4v) is 2.43. The van der Waals surface area contributed by atoms with Gasteiger partial charge in [0.1, 0.15) is 0 Å². The smallest absolute Gasteiger partial charge is 0.0540 e. The van der Waals surface area contributed by atoms with Gasteiger partial charge in [0.05, 0.1) is 6.61 Å². The molecule has 1 rings (SSSR count). The minimum absolute atomic E-state index is 0.113. The summed E-state index contributed by atoms with van der Waals surface area (Å²) in [6, 6.07) is 8.16. The highest BCUT2D eigenvalue weighted by Crippen LogP contribution is 2.16. The minimum atomic E-state index is 0.113. The van der Waals surface area contributed by atoms with Gasteiger partial charge in [-0.3, -0.25) is 0 Å². The highest BCUT2D eigenvalue weighted by atomic mass is 32.2. The van der Waals surface area contributed by atoms with Crippen molar-refractivity contribution in [2.45, 2.75) is 19.1 Å². The second-order valence-electron chi connectivity index (χ2n) is 4.28. The van der Waals surface area contributed by atoms with E-state index in [0.29, 0.717) is 12.3 Å². The van der Waals surface area contributed by atoms with E-state index in [0.717, 1.165) is 17.1 Å². The molecule has 2 N–H and O–H groups in total. The van der Waals surface area contributed by atoms with Crippen LogP contribution < -0.4 is 0 Å². The molecule has 0 spiro atoms. The Hall–Kier alpha value is -0.950. The lowest BCUT2D eigenvalue weighted by molar-refractivity contribution is 0.250. The molecule has 1 aromatic rings. The van der Waals surface area contributed by atoms with Crippen molar-refractivity contribution >= 4 is 11.8 Å². The van der Waals surface area contributed by atoms with Crippen LogP contribution in [0, 0.1) is 17.8 Å². The fraction of sp³-hybridized carbons (Fsp3) is 0.467. The Morgan fingerprint density at radius 1 is 1.33 bits per heavy atom. The summed E-state index contributed by atoms with van der Waals surface area (Å²) in [5.74, 6) is 8.22. The second kappa shape index (κ2) is 9.04. The first-order valence-corrected chi connectivity index (χ1v) is 7.29. The average molecular weight is 264 g/mol. The third kappa shape index (κ3) is 6.11. The molecule has 0 radical (unpaired) electrons. The Balaban J connectivity index is 2.47.